The topological polar surface area (TPSA) is 30.0 Å². The molecule has 0 unspecified atom stereocenters. The first kappa shape index (κ1) is 12.3. The van der Waals surface area contributed by atoms with Gasteiger partial charge in [0.05, 0.1) is 0 Å². The summed E-state index contributed by atoms with van der Waals surface area (Å²) >= 11 is 0. The maximum Gasteiger partial charge on any atom is 0.263 e. The molecule has 1 aromatic heterocycles. The summed E-state index contributed by atoms with van der Waals surface area (Å²) in [5, 5.41) is 0. The average Bonchev–Trinajstić information content (AvgIpc) is 2.38. The molecule has 2 aromatic rings. The zero-order valence-corrected chi connectivity index (χ0v) is 9.11. The van der Waals surface area contributed by atoms with Crippen molar-refractivity contribution in [2.45, 2.75) is 6.43 Å². The summed E-state index contributed by atoms with van der Waals surface area (Å²) in [5.74, 6) is -1.40. The number of ketones is 1. The third-order valence-corrected chi connectivity index (χ3v) is 2.36. The van der Waals surface area contributed by atoms with Gasteiger partial charge in [-0.15, -0.1) is 0 Å². The third kappa shape index (κ3) is 2.56. The highest BCUT2D eigenvalue weighted by Gasteiger charge is 2.15. The molecule has 0 saturated carbocycles. The van der Waals surface area contributed by atoms with Crippen LogP contribution in [0.2, 0.25) is 0 Å². The molecule has 1 heterocycles. The van der Waals surface area contributed by atoms with Crippen molar-refractivity contribution < 1.29 is 18.0 Å². The minimum absolute atomic E-state index is 0.113. The van der Waals surface area contributed by atoms with E-state index in [9.17, 15) is 18.0 Å². The van der Waals surface area contributed by atoms with Crippen LogP contribution in [0.4, 0.5) is 13.2 Å². The molecule has 2 nitrogen and oxygen atoms in total. The molecule has 1 aromatic carbocycles. The Balaban J connectivity index is 2.42. The van der Waals surface area contributed by atoms with Crippen molar-refractivity contribution in [3.63, 3.8) is 0 Å². The Labute approximate surface area is 101 Å². The summed E-state index contributed by atoms with van der Waals surface area (Å²) in [7, 11) is 0. The van der Waals surface area contributed by atoms with Crippen LogP contribution in [0.1, 0.15) is 27.9 Å². The SMILES string of the molecule is O=C(c1cccnc1)c1cc(F)cc(C(F)F)c1. The van der Waals surface area contributed by atoms with E-state index >= 15 is 0 Å². The molecule has 0 N–H and O–H groups in total. The fourth-order valence-electron chi connectivity index (χ4n) is 1.53. The lowest BCUT2D eigenvalue weighted by Gasteiger charge is -2.05. The van der Waals surface area contributed by atoms with Gasteiger partial charge in [0, 0.05) is 29.1 Å². The molecule has 0 saturated heterocycles. The molecule has 0 aliphatic carbocycles. The van der Waals surface area contributed by atoms with Crippen molar-refractivity contribution in [1.82, 2.24) is 4.98 Å². The van der Waals surface area contributed by atoms with Gasteiger partial charge >= 0.3 is 0 Å². The quantitative estimate of drug-likeness (QED) is 0.782. The third-order valence-electron chi connectivity index (χ3n) is 2.36. The fraction of sp³-hybridized carbons (Fsp3) is 0.0769. The van der Waals surface area contributed by atoms with Gasteiger partial charge in [0.25, 0.3) is 6.43 Å². The smallest absolute Gasteiger partial charge is 0.263 e. The molecule has 0 spiro atoms. The molecule has 5 heteroatoms. The van der Waals surface area contributed by atoms with Crippen LogP contribution < -0.4 is 0 Å². The van der Waals surface area contributed by atoms with Crippen molar-refractivity contribution in [3.8, 4) is 0 Å². The zero-order valence-electron chi connectivity index (χ0n) is 9.11. The van der Waals surface area contributed by atoms with Crippen molar-refractivity contribution in [1.29, 1.82) is 0 Å². The molecule has 0 bridgehead atoms. The van der Waals surface area contributed by atoms with Crippen molar-refractivity contribution in [2.24, 2.45) is 0 Å². The predicted octanol–water partition coefficient (Wildman–Crippen LogP) is 3.39. The van der Waals surface area contributed by atoms with Gasteiger partial charge in [-0.3, -0.25) is 9.78 Å². The highest BCUT2D eigenvalue weighted by molar-refractivity contribution is 6.08. The number of rotatable bonds is 3. The lowest BCUT2D eigenvalue weighted by atomic mass is 10.0. The highest BCUT2D eigenvalue weighted by atomic mass is 19.3. The number of hydrogen-bond acceptors (Lipinski definition) is 2. The van der Waals surface area contributed by atoms with Gasteiger partial charge in [0.2, 0.25) is 0 Å². The largest absolute Gasteiger partial charge is 0.289 e. The minimum Gasteiger partial charge on any atom is -0.289 e. The van der Waals surface area contributed by atoms with Crippen molar-refractivity contribution >= 4 is 5.78 Å². The van der Waals surface area contributed by atoms with Crippen LogP contribution in [0.15, 0.2) is 42.7 Å². The van der Waals surface area contributed by atoms with Crippen LogP contribution >= 0.6 is 0 Å². The maximum absolute atomic E-state index is 13.2. The molecule has 0 atom stereocenters. The van der Waals surface area contributed by atoms with Crippen molar-refractivity contribution in [2.75, 3.05) is 0 Å². The average molecular weight is 251 g/mol. The van der Waals surface area contributed by atoms with Gasteiger partial charge in [-0.25, -0.2) is 13.2 Å². The number of carbonyl (C=O) groups excluding carboxylic acids is 1. The zero-order chi connectivity index (χ0) is 13.1. The summed E-state index contributed by atoms with van der Waals surface area (Å²) in [6.45, 7) is 0. The van der Waals surface area contributed by atoms with Gasteiger partial charge < -0.3 is 0 Å². The van der Waals surface area contributed by atoms with E-state index in [0.29, 0.717) is 6.07 Å². The summed E-state index contributed by atoms with van der Waals surface area (Å²) < 4.78 is 38.2. The van der Waals surface area contributed by atoms with Crippen LogP contribution in [-0.2, 0) is 0 Å². The Hall–Kier alpha value is -2.17. The number of hydrogen-bond donors (Lipinski definition) is 0. The molecule has 0 aliphatic heterocycles. The van der Waals surface area contributed by atoms with Gasteiger partial charge in [0.15, 0.2) is 5.78 Å². The summed E-state index contributed by atoms with van der Waals surface area (Å²) in [6, 6.07) is 5.66. The molecule has 0 amide bonds. The molecule has 0 fully saturated rings. The maximum atomic E-state index is 13.2. The Morgan fingerprint density at radius 3 is 2.56 bits per heavy atom. The number of benzene rings is 1. The molecular weight excluding hydrogens is 243 g/mol. The van der Waals surface area contributed by atoms with Gasteiger partial charge in [-0.1, -0.05) is 0 Å². The van der Waals surface area contributed by atoms with Crippen LogP contribution in [0.3, 0.4) is 0 Å². The molecule has 0 radical (unpaired) electrons. The van der Waals surface area contributed by atoms with Gasteiger partial charge in [-0.05, 0) is 30.3 Å². The van der Waals surface area contributed by atoms with Crippen LogP contribution in [-0.4, -0.2) is 10.8 Å². The Bertz CT molecular complexity index is 570. The van der Waals surface area contributed by atoms with Gasteiger partial charge in [-0.2, -0.15) is 0 Å². The van der Waals surface area contributed by atoms with E-state index < -0.39 is 23.6 Å². The Kier molecular flexibility index (Phi) is 3.41. The standard InChI is InChI=1S/C13H8F3NO/c14-11-5-9(4-10(6-11)13(15)16)12(18)8-2-1-3-17-7-8/h1-7,13H. The van der Waals surface area contributed by atoms with Crippen LogP contribution in [0.25, 0.3) is 0 Å². The molecule has 92 valence electrons. The minimum atomic E-state index is -2.82. The fourth-order valence-corrected chi connectivity index (χ4v) is 1.53. The number of halogens is 3. The normalized spacial score (nSPS) is 10.7. The lowest BCUT2D eigenvalue weighted by molar-refractivity contribution is 0.103. The number of carbonyl (C=O) groups is 1. The van der Waals surface area contributed by atoms with E-state index in [4.69, 9.17) is 0 Å². The van der Waals surface area contributed by atoms with Gasteiger partial charge in [0.1, 0.15) is 5.82 Å². The van der Waals surface area contributed by atoms with Crippen LogP contribution in [0, 0.1) is 5.82 Å². The Morgan fingerprint density at radius 1 is 1.17 bits per heavy atom. The molecular formula is C13H8F3NO. The van der Waals surface area contributed by atoms with E-state index in [2.05, 4.69) is 4.98 Å². The number of alkyl halides is 2. The second-order valence-corrected chi connectivity index (χ2v) is 3.64. The van der Waals surface area contributed by atoms with Crippen LogP contribution in [0.5, 0.6) is 0 Å². The van der Waals surface area contributed by atoms with E-state index in [1.807, 2.05) is 0 Å². The number of aromatic nitrogens is 1. The molecule has 18 heavy (non-hydrogen) atoms. The molecule has 2 rings (SSSR count). The molecule has 0 aliphatic rings. The number of pyridine rings is 1. The summed E-state index contributed by atoms with van der Waals surface area (Å²) in [6.07, 6.45) is -0.0384. The van der Waals surface area contributed by atoms with E-state index in [-0.39, 0.29) is 11.1 Å². The second kappa shape index (κ2) is 5.00. The first-order valence-electron chi connectivity index (χ1n) is 5.11. The highest BCUT2D eigenvalue weighted by Crippen LogP contribution is 2.22. The van der Waals surface area contributed by atoms with E-state index in [1.165, 1.54) is 18.5 Å². The predicted molar refractivity (Wildman–Crippen MR) is 59.0 cm³/mol. The summed E-state index contributed by atoms with van der Waals surface area (Å²) in [5.41, 5.74) is -0.399. The second-order valence-electron chi connectivity index (χ2n) is 3.64. The van der Waals surface area contributed by atoms with Crippen molar-refractivity contribution in [3.05, 3.63) is 65.2 Å². The first-order valence-corrected chi connectivity index (χ1v) is 5.11. The number of nitrogens with zero attached hydrogens (tertiary/aromatic N) is 1. The van der Waals surface area contributed by atoms with E-state index in [0.717, 1.165) is 12.1 Å². The lowest BCUT2D eigenvalue weighted by Crippen LogP contribution is -2.03. The first-order chi connectivity index (χ1) is 8.58. The Morgan fingerprint density at radius 2 is 1.94 bits per heavy atom. The summed E-state index contributed by atoms with van der Waals surface area (Å²) in [4.78, 5) is 15.7. The van der Waals surface area contributed by atoms with E-state index in [1.54, 1.807) is 6.07 Å². The monoisotopic (exact) mass is 251 g/mol.